The van der Waals surface area contributed by atoms with Crippen molar-refractivity contribution in [3.8, 4) is 5.75 Å². The zero-order chi connectivity index (χ0) is 22.3. The quantitative estimate of drug-likeness (QED) is 0.534. The first-order valence-electron chi connectivity index (χ1n) is 10.9. The number of morpholine rings is 1. The van der Waals surface area contributed by atoms with E-state index in [0.717, 1.165) is 11.3 Å². The van der Waals surface area contributed by atoms with Gasteiger partial charge in [0.05, 0.1) is 26.9 Å². The van der Waals surface area contributed by atoms with Crippen LogP contribution in [0.3, 0.4) is 0 Å². The molecule has 1 atom stereocenters. The Morgan fingerprint density at radius 2 is 1.91 bits per heavy atom. The van der Waals surface area contributed by atoms with Crippen molar-refractivity contribution in [1.29, 1.82) is 0 Å². The Bertz CT molecular complexity index is 1010. The molecule has 0 spiro atoms. The molecule has 0 unspecified atom stereocenters. The highest BCUT2D eigenvalue weighted by Gasteiger charge is 2.24. The molecule has 1 amide bonds. The van der Waals surface area contributed by atoms with E-state index < -0.39 is 0 Å². The molecule has 0 aliphatic carbocycles. The van der Waals surface area contributed by atoms with E-state index in [1.807, 2.05) is 36.4 Å². The van der Waals surface area contributed by atoms with Crippen LogP contribution in [0.2, 0.25) is 0 Å². The Morgan fingerprint density at radius 3 is 2.66 bits per heavy atom. The van der Waals surface area contributed by atoms with E-state index in [0.29, 0.717) is 51.0 Å². The molecule has 0 N–H and O–H groups in total. The van der Waals surface area contributed by atoms with Crippen molar-refractivity contribution in [2.45, 2.75) is 26.1 Å². The lowest BCUT2D eigenvalue weighted by atomic mass is 10.1. The van der Waals surface area contributed by atoms with Crippen molar-refractivity contribution >= 4 is 5.91 Å². The summed E-state index contributed by atoms with van der Waals surface area (Å²) in [4.78, 5) is 21.3. The topological polar surface area (TPSA) is 68.0 Å². The van der Waals surface area contributed by atoms with E-state index in [1.165, 1.54) is 11.8 Å². The first-order chi connectivity index (χ1) is 15.6. The van der Waals surface area contributed by atoms with Crippen molar-refractivity contribution in [3.05, 3.63) is 83.6 Å². The Kier molecular flexibility index (Phi) is 7.19. The molecule has 2 heterocycles. The summed E-state index contributed by atoms with van der Waals surface area (Å²) in [7, 11) is 1.67. The molecule has 7 nitrogen and oxygen atoms in total. The van der Waals surface area contributed by atoms with Crippen LogP contribution in [0.1, 0.15) is 40.5 Å². The van der Waals surface area contributed by atoms with Gasteiger partial charge in [0, 0.05) is 25.7 Å². The van der Waals surface area contributed by atoms with E-state index in [1.54, 1.807) is 12.0 Å². The number of oxazole rings is 1. The normalized spacial score (nSPS) is 15.0. The minimum atomic E-state index is -0.112. The highest BCUT2D eigenvalue weighted by Crippen LogP contribution is 2.25. The summed E-state index contributed by atoms with van der Waals surface area (Å²) < 4.78 is 16.4. The third kappa shape index (κ3) is 5.36. The molecular weight excluding hydrogens is 406 g/mol. The zero-order valence-corrected chi connectivity index (χ0v) is 18.6. The minimum Gasteiger partial charge on any atom is -0.497 e. The van der Waals surface area contributed by atoms with Gasteiger partial charge < -0.3 is 18.8 Å². The van der Waals surface area contributed by atoms with Gasteiger partial charge in [0.15, 0.2) is 5.69 Å². The smallest absolute Gasteiger partial charge is 0.275 e. The summed E-state index contributed by atoms with van der Waals surface area (Å²) >= 11 is 0. The monoisotopic (exact) mass is 435 g/mol. The minimum absolute atomic E-state index is 0.112. The average molecular weight is 436 g/mol. The molecule has 1 saturated heterocycles. The van der Waals surface area contributed by atoms with Gasteiger partial charge in [0.2, 0.25) is 5.89 Å². The van der Waals surface area contributed by atoms with Crippen LogP contribution in [0.25, 0.3) is 0 Å². The molecule has 1 aromatic heterocycles. The van der Waals surface area contributed by atoms with Crippen LogP contribution in [0, 0.1) is 0 Å². The van der Waals surface area contributed by atoms with E-state index >= 15 is 0 Å². The van der Waals surface area contributed by atoms with E-state index in [2.05, 4.69) is 35.0 Å². The second-order valence-corrected chi connectivity index (χ2v) is 7.87. The number of benzene rings is 2. The van der Waals surface area contributed by atoms with E-state index in [4.69, 9.17) is 13.9 Å². The van der Waals surface area contributed by atoms with Crippen LogP contribution >= 0.6 is 0 Å². The number of aromatic nitrogens is 1. The molecule has 1 fully saturated rings. The van der Waals surface area contributed by atoms with Gasteiger partial charge in [-0.05, 0) is 30.2 Å². The van der Waals surface area contributed by atoms with Crippen LogP contribution < -0.4 is 4.74 Å². The summed E-state index contributed by atoms with van der Waals surface area (Å²) in [6, 6.07) is 18.5. The highest BCUT2D eigenvalue weighted by molar-refractivity contribution is 5.92. The average Bonchev–Trinajstić information content (AvgIpc) is 3.32. The Balaban J connectivity index is 1.53. The summed E-state index contributed by atoms with van der Waals surface area (Å²) in [5.74, 6) is 1.23. The molecule has 0 bridgehead atoms. The lowest BCUT2D eigenvalue weighted by molar-refractivity contribution is 0.0299. The third-order valence-corrected chi connectivity index (χ3v) is 5.76. The summed E-state index contributed by atoms with van der Waals surface area (Å²) in [5.41, 5.74) is 2.67. The lowest BCUT2D eigenvalue weighted by Gasteiger charge is -2.28. The van der Waals surface area contributed by atoms with Crippen molar-refractivity contribution in [2.75, 3.05) is 33.4 Å². The van der Waals surface area contributed by atoms with Crippen molar-refractivity contribution < 1.29 is 18.7 Å². The van der Waals surface area contributed by atoms with E-state index in [9.17, 15) is 4.79 Å². The van der Waals surface area contributed by atoms with Crippen LogP contribution in [0.15, 0.2) is 65.3 Å². The molecule has 32 heavy (non-hydrogen) atoms. The number of carbonyl (C=O) groups is 1. The number of methoxy groups -OCH3 is 1. The van der Waals surface area contributed by atoms with Crippen molar-refractivity contribution in [3.63, 3.8) is 0 Å². The number of ether oxygens (including phenoxy) is 2. The molecule has 2 aromatic carbocycles. The molecule has 1 aliphatic rings. The third-order valence-electron chi connectivity index (χ3n) is 5.76. The first-order valence-corrected chi connectivity index (χ1v) is 10.9. The van der Waals surface area contributed by atoms with Gasteiger partial charge in [-0.1, -0.05) is 42.5 Å². The fourth-order valence-electron chi connectivity index (χ4n) is 3.86. The number of amides is 1. The number of hydrogen-bond donors (Lipinski definition) is 0. The largest absolute Gasteiger partial charge is 0.497 e. The van der Waals surface area contributed by atoms with E-state index in [-0.39, 0.29) is 11.9 Å². The molecule has 0 radical (unpaired) electrons. The maximum Gasteiger partial charge on any atom is 0.275 e. The predicted octanol–water partition coefficient (Wildman–Crippen LogP) is 3.92. The molecule has 0 saturated carbocycles. The molecule has 4 rings (SSSR count). The second kappa shape index (κ2) is 10.4. The molecular formula is C25H29N3O4. The fourth-order valence-corrected chi connectivity index (χ4v) is 3.86. The molecule has 1 aliphatic heterocycles. The molecule has 168 valence electrons. The molecule has 3 aromatic rings. The number of hydrogen-bond acceptors (Lipinski definition) is 6. The van der Waals surface area contributed by atoms with Gasteiger partial charge in [-0.25, -0.2) is 4.98 Å². The molecule has 7 heteroatoms. The van der Waals surface area contributed by atoms with Crippen LogP contribution in [-0.4, -0.2) is 54.1 Å². The lowest BCUT2D eigenvalue weighted by Crippen LogP contribution is -2.40. The zero-order valence-electron chi connectivity index (χ0n) is 18.6. The highest BCUT2D eigenvalue weighted by atomic mass is 16.5. The Hall–Kier alpha value is -3.16. The van der Waals surface area contributed by atoms with Crippen molar-refractivity contribution in [1.82, 2.24) is 14.8 Å². The first kappa shape index (κ1) is 22.0. The number of rotatable bonds is 8. The van der Waals surface area contributed by atoms with Crippen LogP contribution in [0.5, 0.6) is 5.75 Å². The van der Waals surface area contributed by atoms with Crippen LogP contribution in [-0.2, 0) is 17.8 Å². The summed E-state index contributed by atoms with van der Waals surface area (Å²) in [6.07, 6.45) is 1.46. The van der Waals surface area contributed by atoms with Crippen LogP contribution in [0.4, 0.5) is 0 Å². The maximum atomic E-state index is 12.7. The fraction of sp³-hybridized carbons (Fsp3) is 0.360. The van der Waals surface area contributed by atoms with Gasteiger partial charge in [-0.15, -0.1) is 0 Å². The van der Waals surface area contributed by atoms with Gasteiger partial charge in [-0.3, -0.25) is 9.69 Å². The SMILES string of the molecule is COc1cccc(CN(Cc2nc(C(=O)N3CCOCC3)co2)[C@H](C)c2ccccc2)c1. The van der Waals surface area contributed by atoms with Crippen molar-refractivity contribution in [2.24, 2.45) is 0 Å². The Morgan fingerprint density at radius 1 is 1.12 bits per heavy atom. The Labute approximate surface area is 188 Å². The van der Waals surface area contributed by atoms with Gasteiger partial charge >= 0.3 is 0 Å². The second-order valence-electron chi connectivity index (χ2n) is 7.87. The summed E-state index contributed by atoms with van der Waals surface area (Å²) in [6.45, 7) is 5.59. The number of nitrogens with zero attached hydrogens (tertiary/aromatic N) is 3. The van der Waals surface area contributed by atoms with Gasteiger partial charge in [-0.2, -0.15) is 0 Å². The van der Waals surface area contributed by atoms with Gasteiger partial charge in [0.1, 0.15) is 12.0 Å². The standard InChI is InChI=1S/C25H29N3O4/c1-19(21-8-4-3-5-9-21)28(16-20-7-6-10-22(15-20)30-2)17-24-26-23(18-32-24)25(29)27-11-13-31-14-12-27/h3-10,15,18-19H,11-14,16-17H2,1-2H3/t19-/m1/s1. The predicted molar refractivity (Wildman–Crippen MR) is 120 cm³/mol. The number of carbonyl (C=O) groups excluding carboxylic acids is 1. The van der Waals surface area contributed by atoms with Gasteiger partial charge in [0.25, 0.3) is 5.91 Å². The summed E-state index contributed by atoms with van der Waals surface area (Å²) in [5, 5.41) is 0. The maximum absolute atomic E-state index is 12.7.